The quantitative estimate of drug-likeness (QED) is 0.409. The van der Waals surface area contributed by atoms with Crippen molar-refractivity contribution in [2.45, 2.75) is 0 Å². The van der Waals surface area contributed by atoms with Crippen molar-refractivity contribution in [3.8, 4) is 0 Å². The van der Waals surface area contributed by atoms with Crippen LogP contribution in [0.15, 0.2) is 0 Å². The molecule has 0 aromatic heterocycles. The zero-order valence-corrected chi connectivity index (χ0v) is 7.18. The predicted octanol–water partition coefficient (Wildman–Crippen LogP) is -0.612. The molecule has 0 aliphatic heterocycles. The van der Waals surface area contributed by atoms with E-state index in [-0.39, 0.29) is 4.68 Å². The SMILES string of the molecule is C[N+](C)(C)CC(=O)[Se-]. The Hall–Kier alpha value is 0.149. The molecule has 0 unspecified atom stereocenters. The second kappa shape index (κ2) is 2.62. The molecular formula is C5H11NOSe. The van der Waals surface area contributed by atoms with Crippen molar-refractivity contribution in [2.75, 3.05) is 27.7 Å². The van der Waals surface area contributed by atoms with Gasteiger partial charge in [-0.1, -0.05) is 0 Å². The molecule has 0 amide bonds. The maximum absolute atomic E-state index is 10.4. The topological polar surface area (TPSA) is 17.1 Å². The van der Waals surface area contributed by atoms with Crippen molar-refractivity contribution in [3.05, 3.63) is 0 Å². The van der Waals surface area contributed by atoms with E-state index >= 15 is 0 Å². The molecule has 0 aliphatic rings. The number of carbonyl (C=O) groups excluding carboxylic acids is 1. The van der Waals surface area contributed by atoms with Crippen LogP contribution < -0.4 is 0 Å². The summed E-state index contributed by atoms with van der Waals surface area (Å²) in [7, 11) is 5.94. The van der Waals surface area contributed by atoms with Gasteiger partial charge in [0.1, 0.15) is 0 Å². The van der Waals surface area contributed by atoms with Gasteiger partial charge in [-0.15, -0.1) is 0 Å². The fourth-order valence-electron chi connectivity index (χ4n) is 0.387. The Balaban J connectivity index is 3.55. The molecule has 0 spiro atoms. The Morgan fingerprint density at radius 2 is 1.88 bits per heavy atom. The Bertz CT molecular complexity index is 95.1. The van der Waals surface area contributed by atoms with Crippen LogP contribution in [0.1, 0.15) is 0 Å². The minimum atomic E-state index is 0.123. The number of rotatable bonds is 2. The van der Waals surface area contributed by atoms with Crippen LogP contribution in [0.3, 0.4) is 0 Å². The van der Waals surface area contributed by atoms with Crippen molar-refractivity contribution in [3.63, 3.8) is 0 Å². The van der Waals surface area contributed by atoms with E-state index in [1.807, 2.05) is 21.1 Å². The summed E-state index contributed by atoms with van der Waals surface area (Å²) in [4.78, 5) is 10.4. The first-order valence-corrected chi connectivity index (χ1v) is 3.28. The predicted molar refractivity (Wildman–Crippen MR) is 33.7 cm³/mol. The van der Waals surface area contributed by atoms with E-state index in [1.165, 1.54) is 0 Å². The Labute approximate surface area is 58.3 Å². The molecule has 0 aromatic rings. The van der Waals surface area contributed by atoms with Crippen molar-refractivity contribution < 1.29 is 9.28 Å². The van der Waals surface area contributed by atoms with E-state index in [2.05, 4.69) is 16.0 Å². The zero-order valence-electron chi connectivity index (χ0n) is 5.47. The van der Waals surface area contributed by atoms with Gasteiger partial charge in [0.2, 0.25) is 0 Å². The molecule has 0 saturated carbocycles. The number of carbonyl (C=O) groups is 1. The molecule has 0 atom stereocenters. The normalized spacial score (nSPS) is 11.4. The number of nitrogens with zero attached hydrogens (tertiary/aromatic N) is 1. The van der Waals surface area contributed by atoms with Gasteiger partial charge >= 0.3 is 57.7 Å². The van der Waals surface area contributed by atoms with Gasteiger partial charge in [0.05, 0.1) is 0 Å². The third-order valence-corrected chi connectivity index (χ3v) is 0.874. The summed E-state index contributed by atoms with van der Waals surface area (Å²) in [5.41, 5.74) is 0. The molecule has 0 fully saturated rings. The summed E-state index contributed by atoms with van der Waals surface area (Å²) in [5.74, 6) is 0. The van der Waals surface area contributed by atoms with Crippen molar-refractivity contribution >= 4 is 20.7 Å². The summed E-state index contributed by atoms with van der Waals surface area (Å²) >= 11 is 2.44. The van der Waals surface area contributed by atoms with E-state index < -0.39 is 0 Å². The average molecular weight is 180 g/mol. The number of hydrogen-bond donors (Lipinski definition) is 0. The first-order valence-electron chi connectivity index (χ1n) is 2.42. The average Bonchev–Trinajstić information content (AvgIpc) is 1.21. The molecule has 0 N–H and O–H groups in total. The molecular weight excluding hydrogens is 169 g/mol. The van der Waals surface area contributed by atoms with Crippen molar-refractivity contribution in [2.24, 2.45) is 0 Å². The molecule has 0 heterocycles. The van der Waals surface area contributed by atoms with Crippen LogP contribution in [0.25, 0.3) is 0 Å². The number of quaternary nitrogens is 1. The maximum atomic E-state index is 10.4. The van der Waals surface area contributed by atoms with Crippen molar-refractivity contribution in [1.82, 2.24) is 0 Å². The van der Waals surface area contributed by atoms with Crippen LogP contribution in [0.2, 0.25) is 0 Å². The molecule has 0 aliphatic carbocycles. The van der Waals surface area contributed by atoms with Gasteiger partial charge in [0.15, 0.2) is 0 Å². The standard InChI is InChI=1S/C5H11NOSe/c1-6(2,3)4-5(7)8/h4H2,1-3H3. The second-order valence-electron chi connectivity index (χ2n) is 2.82. The van der Waals surface area contributed by atoms with Gasteiger partial charge in [-0.05, 0) is 0 Å². The van der Waals surface area contributed by atoms with Crippen LogP contribution in [-0.2, 0) is 4.79 Å². The van der Waals surface area contributed by atoms with E-state index in [0.29, 0.717) is 11.0 Å². The van der Waals surface area contributed by atoms with Gasteiger partial charge in [0, 0.05) is 0 Å². The molecule has 3 heteroatoms. The van der Waals surface area contributed by atoms with E-state index in [0.717, 1.165) is 0 Å². The number of likely N-dealkylation sites (N-methyl/N-ethyl adjacent to an activating group) is 1. The van der Waals surface area contributed by atoms with Crippen LogP contribution in [0.4, 0.5) is 0 Å². The molecule has 0 radical (unpaired) electrons. The van der Waals surface area contributed by atoms with E-state index in [4.69, 9.17) is 0 Å². The van der Waals surface area contributed by atoms with E-state index in [9.17, 15) is 4.79 Å². The molecule has 48 valence electrons. The Morgan fingerprint density at radius 1 is 1.50 bits per heavy atom. The van der Waals surface area contributed by atoms with Crippen LogP contribution in [0, 0.1) is 0 Å². The van der Waals surface area contributed by atoms with Gasteiger partial charge in [-0.25, -0.2) is 0 Å². The monoisotopic (exact) mass is 181 g/mol. The van der Waals surface area contributed by atoms with E-state index in [1.54, 1.807) is 0 Å². The van der Waals surface area contributed by atoms with Gasteiger partial charge in [0.25, 0.3) is 0 Å². The number of hydrogen-bond acceptors (Lipinski definition) is 1. The minimum absolute atomic E-state index is 0.123. The van der Waals surface area contributed by atoms with Gasteiger partial charge in [-0.3, -0.25) is 0 Å². The molecule has 2 nitrogen and oxygen atoms in total. The molecule has 0 aromatic carbocycles. The molecule has 8 heavy (non-hydrogen) atoms. The summed E-state index contributed by atoms with van der Waals surface area (Å²) in [6.45, 7) is 0.569. The van der Waals surface area contributed by atoms with Gasteiger partial charge < -0.3 is 0 Å². The summed E-state index contributed by atoms with van der Waals surface area (Å²) in [6, 6.07) is 0. The first-order chi connectivity index (χ1) is 3.42. The first kappa shape index (κ1) is 8.15. The fraction of sp³-hybridized carbons (Fsp3) is 0.800. The van der Waals surface area contributed by atoms with Crippen LogP contribution in [-0.4, -0.2) is 52.9 Å². The molecule has 0 rings (SSSR count). The summed E-state index contributed by atoms with van der Waals surface area (Å²) in [5, 5.41) is 0. The van der Waals surface area contributed by atoms with Gasteiger partial charge in [-0.2, -0.15) is 0 Å². The zero-order chi connectivity index (χ0) is 6.78. The molecule has 0 bridgehead atoms. The van der Waals surface area contributed by atoms with Crippen LogP contribution >= 0.6 is 0 Å². The second-order valence-corrected chi connectivity index (χ2v) is 3.78. The summed E-state index contributed by atoms with van der Waals surface area (Å²) in [6.07, 6.45) is 0. The Kier molecular flexibility index (Phi) is 2.67. The fourth-order valence-corrected chi connectivity index (χ4v) is 1.20. The van der Waals surface area contributed by atoms with Crippen molar-refractivity contribution in [1.29, 1.82) is 0 Å². The Morgan fingerprint density at radius 3 is 1.88 bits per heavy atom. The third kappa shape index (κ3) is 6.15. The molecule has 0 saturated heterocycles. The summed E-state index contributed by atoms with van der Waals surface area (Å²) < 4.78 is 0.823. The van der Waals surface area contributed by atoms with Crippen LogP contribution in [0.5, 0.6) is 0 Å². The third-order valence-electron chi connectivity index (χ3n) is 0.603.